The van der Waals surface area contributed by atoms with Gasteiger partial charge in [-0.3, -0.25) is 0 Å². The number of benzene rings is 1. The Morgan fingerprint density at radius 1 is 1.11 bits per heavy atom. The Bertz CT molecular complexity index is 184. The Labute approximate surface area is 55.8 Å². The molecule has 0 atom stereocenters. The lowest BCUT2D eigenvalue weighted by molar-refractivity contribution is 1.66. The summed E-state index contributed by atoms with van der Waals surface area (Å²) in [5, 5.41) is 0. The van der Waals surface area contributed by atoms with Gasteiger partial charge in [-0.1, -0.05) is 42.5 Å². The molecule has 3 radical (unpaired) electrons. The molecule has 1 rings (SSSR count). The molecule has 9 heavy (non-hydrogen) atoms. The summed E-state index contributed by atoms with van der Waals surface area (Å²) in [5.41, 5.74) is 1.08. The van der Waals surface area contributed by atoms with Crippen molar-refractivity contribution in [3.8, 4) is 0 Å². The minimum atomic E-state index is 1.08. The molecule has 0 nitrogen and oxygen atoms in total. The number of hydrogen-bond acceptors (Lipinski definition) is 0. The van der Waals surface area contributed by atoms with Gasteiger partial charge in [0.2, 0.25) is 0 Å². The predicted octanol–water partition coefficient (Wildman–Crippen LogP) is 2.29. The molecule has 43 valence electrons. The molecule has 0 aliphatic rings. The Morgan fingerprint density at radius 3 is 2.33 bits per heavy atom. The molecule has 1 aromatic rings. The Balaban J connectivity index is 2.85. The number of hydrogen-bond donors (Lipinski definition) is 0. The van der Waals surface area contributed by atoms with Crippen LogP contribution in [0.3, 0.4) is 0 Å². The molecule has 0 unspecified atom stereocenters. The van der Waals surface area contributed by atoms with Crippen LogP contribution in [0.2, 0.25) is 0 Å². The van der Waals surface area contributed by atoms with Crippen LogP contribution in [0.15, 0.2) is 36.4 Å². The molecule has 0 aliphatic carbocycles. The monoisotopic (exact) mass is 115 g/mol. The maximum Gasteiger partial charge on any atom is 0.0212 e. The molecule has 0 aromatic heterocycles. The fourth-order valence-corrected chi connectivity index (χ4v) is 0.660. The van der Waals surface area contributed by atoms with Crippen LogP contribution in [0.25, 0.3) is 6.08 Å². The van der Waals surface area contributed by atoms with E-state index in [2.05, 4.69) is 0 Å². The van der Waals surface area contributed by atoms with Crippen LogP contribution in [0.1, 0.15) is 5.56 Å². The van der Waals surface area contributed by atoms with E-state index in [9.17, 15) is 0 Å². The van der Waals surface area contributed by atoms with Gasteiger partial charge in [-0.2, -0.15) is 0 Å². The van der Waals surface area contributed by atoms with Gasteiger partial charge in [0.05, 0.1) is 0 Å². The van der Waals surface area contributed by atoms with Crippen molar-refractivity contribution in [1.82, 2.24) is 0 Å². The standard InChI is InChI=1S/C9H7/c1-2-6-9-7-4-3-5-8-9/h2-8H. The Kier molecular flexibility index (Phi) is 2.08. The fraction of sp³-hybridized carbons (Fsp3) is 0. The molecule has 0 heterocycles. The van der Waals surface area contributed by atoms with Gasteiger partial charge in [-0.15, -0.1) is 0 Å². The van der Waals surface area contributed by atoms with Crippen molar-refractivity contribution in [3.63, 3.8) is 0 Å². The van der Waals surface area contributed by atoms with Gasteiger partial charge in [0.25, 0.3) is 0 Å². The van der Waals surface area contributed by atoms with Gasteiger partial charge < -0.3 is 0 Å². The molecule has 0 N–H and O–H groups in total. The van der Waals surface area contributed by atoms with Gasteiger partial charge in [-0.25, -0.2) is 0 Å². The van der Waals surface area contributed by atoms with Gasteiger partial charge >= 0.3 is 0 Å². The average molecular weight is 115 g/mol. The maximum absolute atomic E-state index is 6.76. The van der Waals surface area contributed by atoms with E-state index in [-0.39, 0.29) is 0 Å². The van der Waals surface area contributed by atoms with Crippen molar-refractivity contribution >= 4 is 6.08 Å². The maximum atomic E-state index is 6.76. The summed E-state index contributed by atoms with van der Waals surface area (Å²) in [6.45, 7) is 6.76. The highest BCUT2D eigenvalue weighted by molar-refractivity contribution is 5.48. The molecule has 0 spiro atoms. The van der Waals surface area contributed by atoms with Crippen molar-refractivity contribution in [2.75, 3.05) is 0 Å². The van der Waals surface area contributed by atoms with Gasteiger partial charge in [0.1, 0.15) is 0 Å². The first-order valence-electron chi connectivity index (χ1n) is 2.82. The number of rotatable bonds is 1. The quantitative estimate of drug-likeness (QED) is 0.526. The van der Waals surface area contributed by atoms with Crippen LogP contribution in [0.4, 0.5) is 0 Å². The second-order valence-corrected chi connectivity index (χ2v) is 1.74. The molecule has 0 saturated heterocycles. The summed E-state index contributed by atoms with van der Waals surface area (Å²) in [5.74, 6) is 0. The fourth-order valence-electron chi connectivity index (χ4n) is 0.660. The van der Waals surface area contributed by atoms with Crippen molar-refractivity contribution in [2.45, 2.75) is 0 Å². The Hall–Kier alpha value is -1.04. The lowest BCUT2D eigenvalue weighted by Crippen LogP contribution is -1.65. The van der Waals surface area contributed by atoms with E-state index >= 15 is 0 Å². The van der Waals surface area contributed by atoms with Crippen LogP contribution in [-0.2, 0) is 0 Å². The molecule has 0 bridgehead atoms. The molecule has 0 aliphatic heterocycles. The first-order chi connectivity index (χ1) is 4.43. The summed E-state index contributed by atoms with van der Waals surface area (Å²) < 4.78 is 0. The van der Waals surface area contributed by atoms with Crippen molar-refractivity contribution in [3.05, 3.63) is 48.9 Å². The zero-order chi connectivity index (χ0) is 6.53. The SMILES string of the molecule is [C]C=Cc1ccccc1. The topological polar surface area (TPSA) is 0 Å². The summed E-state index contributed by atoms with van der Waals surface area (Å²) in [6, 6.07) is 9.79. The Morgan fingerprint density at radius 2 is 1.78 bits per heavy atom. The highest BCUT2D eigenvalue weighted by Gasteiger charge is 1.77. The summed E-state index contributed by atoms with van der Waals surface area (Å²) in [6.07, 6.45) is 3.04. The van der Waals surface area contributed by atoms with Crippen LogP contribution in [0, 0.1) is 6.92 Å². The van der Waals surface area contributed by atoms with Gasteiger partial charge in [-0.05, 0) is 5.56 Å². The van der Waals surface area contributed by atoms with E-state index in [1.165, 1.54) is 6.08 Å². The van der Waals surface area contributed by atoms with E-state index in [1.807, 2.05) is 30.3 Å². The molecular formula is C9H7. The largest absolute Gasteiger partial charge is 0.0749 e. The van der Waals surface area contributed by atoms with E-state index in [1.54, 1.807) is 6.08 Å². The van der Waals surface area contributed by atoms with Gasteiger partial charge in [0.15, 0.2) is 0 Å². The molecule has 0 fully saturated rings. The highest BCUT2D eigenvalue weighted by Crippen LogP contribution is 1.99. The van der Waals surface area contributed by atoms with E-state index in [0.29, 0.717) is 0 Å². The second kappa shape index (κ2) is 3.08. The van der Waals surface area contributed by atoms with Gasteiger partial charge in [0, 0.05) is 6.92 Å². The predicted molar refractivity (Wildman–Crippen MR) is 38.7 cm³/mol. The van der Waals surface area contributed by atoms with Crippen LogP contribution < -0.4 is 0 Å². The van der Waals surface area contributed by atoms with Crippen molar-refractivity contribution in [1.29, 1.82) is 0 Å². The summed E-state index contributed by atoms with van der Waals surface area (Å²) in [7, 11) is 0. The minimum Gasteiger partial charge on any atom is -0.0749 e. The zero-order valence-electron chi connectivity index (χ0n) is 5.04. The smallest absolute Gasteiger partial charge is 0.0212 e. The van der Waals surface area contributed by atoms with Crippen LogP contribution >= 0.6 is 0 Å². The normalized spacial score (nSPS) is 10.3. The van der Waals surface area contributed by atoms with E-state index < -0.39 is 0 Å². The highest BCUT2D eigenvalue weighted by atomic mass is 13.8. The molecule has 0 saturated carbocycles. The van der Waals surface area contributed by atoms with E-state index in [4.69, 9.17) is 6.92 Å². The van der Waals surface area contributed by atoms with E-state index in [0.717, 1.165) is 5.56 Å². The first kappa shape index (κ1) is 6.09. The summed E-state index contributed by atoms with van der Waals surface area (Å²) >= 11 is 0. The molecule has 0 amide bonds. The molecular weight excluding hydrogens is 108 g/mol. The second-order valence-electron chi connectivity index (χ2n) is 1.74. The van der Waals surface area contributed by atoms with Crippen LogP contribution in [-0.4, -0.2) is 0 Å². The van der Waals surface area contributed by atoms with Crippen molar-refractivity contribution < 1.29 is 0 Å². The summed E-state index contributed by atoms with van der Waals surface area (Å²) in [4.78, 5) is 0. The third-order valence-electron chi connectivity index (χ3n) is 1.08. The third kappa shape index (κ3) is 1.73. The lowest BCUT2D eigenvalue weighted by atomic mass is 10.2. The minimum absolute atomic E-state index is 1.08. The third-order valence-corrected chi connectivity index (χ3v) is 1.08. The molecule has 0 heteroatoms. The number of allylic oxidation sites excluding steroid dienone is 1. The lowest BCUT2D eigenvalue weighted by Gasteiger charge is -1.86. The van der Waals surface area contributed by atoms with Crippen molar-refractivity contribution in [2.24, 2.45) is 0 Å². The first-order valence-corrected chi connectivity index (χ1v) is 2.82. The molecule has 1 aromatic carbocycles. The zero-order valence-corrected chi connectivity index (χ0v) is 5.04. The average Bonchev–Trinajstić information content (AvgIpc) is 1.91. The van der Waals surface area contributed by atoms with Crippen LogP contribution in [0.5, 0.6) is 0 Å².